The van der Waals surface area contributed by atoms with Crippen LogP contribution in [0.25, 0.3) is 11.3 Å². The molecule has 0 radical (unpaired) electrons. The zero-order valence-corrected chi connectivity index (χ0v) is 22.9. The van der Waals surface area contributed by atoms with Crippen LogP contribution < -0.4 is 10.6 Å². The molecule has 0 bridgehead atoms. The molecule has 1 atom stereocenters. The van der Waals surface area contributed by atoms with Gasteiger partial charge in [0, 0.05) is 49.2 Å². The second-order valence-electron chi connectivity index (χ2n) is 11.8. The van der Waals surface area contributed by atoms with Gasteiger partial charge in [0.1, 0.15) is 11.9 Å². The van der Waals surface area contributed by atoms with Crippen molar-refractivity contribution in [3.8, 4) is 11.3 Å². The summed E-state index contributed by atoms with van der Waals surface area (Å²) in [7, 11) is 0. The number of rotatable bonds is 7. The van der Waals surface area contributed by atoms with Crippen LogP contribution in [0.15, 0.2) is 36.5 Å². The summed E-state index contributed by atoms with van der Waals surface area (Å²) in [5.41, 5.74) is 2.50. The Bertz CT molecular complexity index is 1670. The lowest BCUT2D eigenvalue weighted by Crippen LogP contribution is -2.54. The quantitative estimate of drug-likeness (QED) is 0.367. The van der Waals surface area contributed by atoms with Gasteiger partial charge < -0.3 is 10.4 Å². The van der Waals surface area contributed by atoms with Gasteiger partial charge in [-0.3, -0.25) is 34.1 Å². The van der Waals surface area contributed by atoms with Crippen molar-refractivity contribution in [2.75, 3.05) is 11.9 Å². The zero-order chi connectivity index (χ0) is 29.3. The molecule has 3 fully saturated rings. The fourth-order valence-corrected chi connectivity index (χ4v) is 6.21. The Morgan fingerprint density at radius 1 is 1.07 bits per heavy atom. The maximum atomic E-state index is 13.8. The number of amides is 4. The van der Waals surface area contributed by atoms with Gasteiger partial charge >= 0.3 is 0 Å². The molecule has 2 aromatic heterocycles. The number of fused-ring (bicyclic) bond motifs is 1. The minimum Gasteiger partial charge on any atom is -0.388 e. The lowest BCUT2D eigenvalue weighted by atomic mass is 9.75. The Labute approximate surface area is 240 Å². The molecule has 4 heterocycles. The highest BCUT2D eigenvalue weighted by Crippen LogP contribution is 2.47. The number of carbonyl (C=O) groups excluding carboxylic acids is 4. The van der Waals surface area contributed by atoms with Crippen LogP contribution in [-0.2, 0) is 9.59 Å². The number of nitrogens with one attached hydrogen (secondary N) is 2. The van der Waals surface area contributed by atoms with E-state index in [-0.39, 0.29) is 42.4 Å². The molecule has 7 rings (SSSR count). The molecule has 42 heavy (non-hydrogen) atoms. The van der Waals surface area contributed by atoms with Crippen molar-refractivity contribution in [1.29, 1.82) is 0 Å². The highest BCUT2D eigenvalue weighted by Gasteiger charge is 2.47. The number of aliphatic hydroxyl groups is 1. The fraction of sp³-hybridized carbons (Fsp3) is 0.400. The number of aryl methyl sites for hydroxylation is 1. The van der Waals surface area contributed by atoms with E-state index in [9.17, 15) is 28.7 Å². The summed E-state index contributed by atoms with van der Waals surface area (Å²) in [5, 5.41) is 21.5. The maximum absolute atomic E-state index is 13.8. The fourth-order valence-electron chi connectivity index (χ4n) is 6.21. The number of benzene rings is 1. The van der Waals surface area contributed by atoms with Crippen LogP contribution in [0.5, 0.6) is 0 Å². The van der Waals surface area contributed by atoms with Gasteiger partial charge in [0.2, 0.25) is 11.8 Å². The standard InChI is InChI=1S/C30H29FN6O5/c1-15-20(31)7-8-21(33-15)19-13-36(35-26(19)16-5-6-16)17-11-30(42,12-17)14-32-22-4-2-3-18-25(22)29(41)37(28(18)40)23-9-10-24(38)34-27(23)39/h2-4,7-8,13,16-17,23,32,42H,5-6,9-12,14H2,1H3,(H,34,38,39). The highest BCUT2D eigenvalue weighted by atomic mass is 19.1. The van der Waals surface area contributed by atoms with Crippen molar-refractivity contribution in [2.24, 2.45) is 0 Å². The minimum atomic E-state index is -1.07. The smallest absolute Gasteiger partial charge is 0.264 e. The number of carbonyl (C=O) groups is 4. The minimum absolute atomic E-state index is 0.0442. The Morgan fingerprint density at radius 2 is 1.86 bits per heavy atom. The first kappa shape index (κ1) is 26.4. The molecule has 2 aliphatic carbocycles. The molecule has 4 amide bonds. The normalized spacial score (nSPS) is 25.4. The van der Waals surface area contributed by atoms with Crippen molar-refractivity contribution in [1.82, 2.24) is 25.0 Å². The molecule has 2 saturated carbocycles. The second kappa shape index (κ2) is 9.55. The number of hydrogen-bond donors (Lipinski definition) is 3. The monoisotopic (exact) mass is 572 g/mol. The van der Waals surface area contributed by atoms with Gasteiger partial charge in [0.15, 0.2) is 0 Å². The van der Waals surface area contributed by atoms with E-state index in [2.05, 4.69) is 15.6 Å². The van der Waals surface area contributed by atoms with E-state index in [1.54, 1.807) is 25.1 Å². The summed E-state index contributed by atoms with van der Waals surface area (Å²) in [4.78, 5) is 55.8. The molecular formula is C30H29FN6O5. The Kier molecular flexibility index (Phi) is 6.01. The molecule has 1 aromatic carbocycles. The second-order valence-corrected chi connectivity index (χ2v) is 11.8. The summed E-state index contributed by atoms with van der Waals surface area (Å²) >= 11 is 0. The largest absolute Gasteiger partial charge is 0.388 e. The first-order valence-corrected chi connectivity index (χ1v) is 14.2. The number of pyridine rings is 1. The lowest BCUT2D eigenvalue weighted by molar-refractivity contribution is -0.136. The Hall–Kier alpha value is -4.45. The van der Waals surface area contributed by atoms with Gasteiger partial charge in [-0.15, -0.1) is 0 Å². The zero-order valence-electron chi connectivity index (χ0n) is 22.9. The molecule has 4 aliphatic rings. The van der Waals surface area contributed by atoms with Crippen molar-refractivity contribution < 1.29 is 28.7 Å². The van der Waals surface area contributed by atoms with Crippen molar-refractivity contribution in [2.45, 2.75) is 69.1 Å². The average molecular weight is 573 g/mol. The number of nitrogens with zero attached hydrogens (tertiary/aromatic N) is 4. The number of anilines is 1. The Balaban J connectivity index is 1.05. The van der Waals surface area contributed by atoms with E-state index >= 15 is 0 Å². The average Bonchev–Trinajstić information content (AvgIpc) is 3.65. The third-order valence-corrected chi connectivity index (χ3v) is 8.70. The van der Waals surface area contributed by atoms with Crippen molar-refractivity contribution >= 4 is 29.3 Å². The molecule has 11 nitrogen and oxygen atoms in total. The lowest BCUT2D eigenvalue weighted by Gasteiger charge is -2.43. The number of aromatic nitrogens is 3. The van der Waals surface area contributed by atoms with Crippen LogP contribution >= 0.6 is 0 Å². The molecule has 12 heteroatoms. The van der Waals surface area contributed by atoms with E-state index in [0.717, 1.165) is 29.0 Å². The first-order chi connectivity index (χ1) is 20.1. The van der Waals surface area contributed by atoms with Gasteiger partial charge in [-0.05, 0) is 50.5 Å². The number of hydrogen-bond acceptors (Lipinski definition) is 8. The van der Waals surface area contributed by atoms with Crippen molar-refractivity contribution in [3.63, 3.8) is 0 Å². The molecule has 0 spiro atoms. The van der Waals surface area contributed by atoms with Crippen LogP contribution in [0, 0.1) is 12.7 Å². The SMILES string of the molecule is Cc1nc(-c2cn(C3CC(O)(CNc4cccc5c4C(=O)N(C4CCC(=O)NC4=O)C5=O)C3)nc2C2CC2)ccc1F. The first-order valence-electron chi connectivity index (χ1n) is 14.2. The molecule has 1 unspecified atom stereocenters. The van der Waals surface area contributed by atoms with E-state index in [1.165, 1.54) is 12.1 Å². The molecule has 2 aliphatic heterocycles. The van der Waals surface area contributed by atoms with Crippen LogP contribution in [0.2, 0.25) is 0 Å². The third-order valence-electron chi connectivity index (χ3n) is 8.70. The molecule has 1 saturated heterocycles. The number of piperidine rings is 1. The topological polar surface area (TPSA) is 147 Å². The summed E-state index contributed by atoms with van der Waals surface area (Å²) in [6, 6.07) is 6.83. The number of halogens is 1. The predicted octanol–water partition coefficient (Wildman–Crippen LogP) is 2.85. The molecule has 216 valence electrons. The van der Waals surface area contributed by atoms with E-state index in [0.29, 0.717) is 35.8 Å². The Morgan fingerprint density at radius 3 is 2.57 bits per heavy atom. The molecular weight excluding hydrogens is 543 g/mol. The van der Waals surface area contributed by atoms with Gasteiger partial charge in [-0.2, -0.15) is 5.10 Å². The molecule has 3 N–H and O–H groups in total. The third kappa shape index (κ3) is 4.37. The van der Waals surface area contributed by atoms with Gasteiger partial charge in [-0.1, -0.05) is 6.07 Å². The van der Waals surface area contributed by atoms with Crippen LogP contribution in [-0.4, -0.2) is 66.6 Å². The summed E-state index contributed by atoms with van der Waals surface area (Å²) in [6.07, 6.45) is 5.00. The van der Waals surface area contributed by atoms with Crippen LogP contribution in [0.1, 0.15) is 82.6 Å². The summed E-state index contributed by atoms with van der Waals surface area (Å²) < 4.78 is 15.7. The van der Waals surface area contributed by atoms with E-state index in [1.807, 2.05) is 10.9 Å². The maximum Gasteiger partial charge on any atom is 0.264 e. The van der Waals surface area contributed by atoms with Gasteiger partial charge in [0.05, 0.1) is 39.9 Å². The van der Waals surface area contributed by atoms with Crippen molar-refractivity contribution in [3.05, 3.63) is 64.9 Å². The molecule has 3 aromatic rings. The van der Waals surface area contributed by atoms with E-state index < -0.39 is 35.3 Å². The van der Waals surface area contributed by atoms with Gasteiger partial charge in [-0.25, -0.2) is 9.37 Å². The summed E-state index contributed by atoms with van der Waals surface area (Å²) in [5.74, 6) is -2.28. The summed E-state index contributed by atoms with van der Waals surface area (Å²) in [6.45, 7) is 1.78. The predicted molar refractivity (Wildman–Crippen MR) is 147 cm³/mol. The van der Waals surface area contributed by atoms with Gasteiger partial charge in [0.25, 0.3) is 11.8 Å². The van der Waals surface area contributed by atoms with Crippen LogP contribution in [0.4, 0.5) is 10.1 Å². The van der Waals surface area contributed by atoms with E-state index in [4.69, 9.17) is 5.10 Å². The number of imide groups is 2. The van der Waals surface area contributed by atoms with Crippen LogP contribution in [0.3, 0.4) is 0 Å². The highest BCUT2D eigenvalue weighted by molar-refractivity contribution is 6.25.